The predicted molar refractivity (Wildman–Crippen MR) is 91.7 cm³/mol. The molecule has 0 radical (unpaired) electrons. The third kappa shape index (κ3) is 4.14. The second kappa shape index (κ2) is 7.96. The van der Waals surface area contributed by atoms with E-state index in [1.165, 1.54) is 0 Å². The molecule has 7 nitrogen and oxygen atoms in total. The van der Waals surface area contributed by atoms with Crippen molar-refractivity contribution in [2.45, 2.75) is 6.61 Å². The van der Waals surface area contributed by atoms with Crippen molar-refractivity contribution in [3.8, 4) is 22.9 Å². The Balaban J connectivity index is 1.63. The van der Waals surface area contributed by atoms with Gasteiger partial charge in [0.05, 0.1) is 20.4 Å². The summed E-state index contributed by atoms with van der Waals surface area (Å²) in [5, 5.41) is 7.82. The molecule has 25 heavy (non-hydrogen) atoms. The molecular weight excluding hydrogens is 322 g/mol. The maximum absolute atomic E-state index is 5.27. The fourth-order valence-corrected chi connectivity index (χ4v) is 2.14. The summed E-state index contributed by atoms with van der Waals surface area (Å²) < 4.78 is 15.7. The number of hydrogen-bond donors (Lipinski definition) is 0. The van der Waals surface area contributed by atoms with E-state index < -0.39 is 0 Å². The van der Waals surface area contributed by atoms with Crippen LogP contribution in [0.15, 0.2) is 58.2 Å². The molecule has 0 spiro atoms. The maximum atomic E-state index is 5.27. The van der Waals surface area contributed by atoms with Crippen molar-refractivity contribution in [1.82, 2.24) is 10.1 Å². The first-order valence-corrected chi connectivity index (χ1v) is 7.55. The van der Waals surface area contributed by atoms with Gasteiger partial charge >= 0.3 is 0 Å². The van der Waals surface area contributed by atoms with Crippen LogP contribution in [0.3, 0.4) is 0 Å². The normalized spacial score (nSPS) is 10.8. The quantitative estimate of drug-likeness (QED) is 0.485. The van der Waals surface area contributed by atoms with Gasteiger partial charge in [0, 0.05) is 5.56 Å². The van der Waals surface area contributed by atoms with E-state index >= 15 is 0 Å². The van der Waals surface area contributed by atoms with E-state index in [9.17, 15) is 0 Å². The minimum Gasteiger partial charge on any atom is -0.493 e. The van der Waals surface area contributed by atoms with Gasteiger partial charge in [-0.1, -0.05) is 40.6 Å². The molecule has 3 rings (SSSR count). The number of ether oxygens (including phenoxy) is 2. The molecule has 0 N–H and O–H groups in total. The maximum Gasteiger partial charge on any atom is 0.267 e. The first-order chi connectivity index (χ1) is 12.3. The summed E-state index contributed by atoms with van der Waals surface area (Å²) in [5.74, 6) is 1.99. The predicted octanol–water partition coefficient (Wildman–Crippen LogP) is 3.30. The lowest BCUT2D eigenvalue weighted by atomic mass is 10.2. The summed E-state index contributed by atoms with van der Waals surface area (Å²) in [4.78, 5) is 9.47. The van der Waals surface area contributed by atoms with Gasteiger partial charge in [-0.2, -0.15) is 4.98 Å². The number of rotatable bonds is 7. The van der Waals surface area contributed by atoms with Crippen LogP contribution in [-0.2, 0) is 11.4 Å². The molecule has 3 aromatic rings. The molecular formula is C18H17N3O4. The van der Waals surface area contributed by atoms with E-state index in [0.29, 0.717) is 23.2 Å². The van der Waals surface area contributed by atoms with E-state index in [0.717, 1.165) is 11.1 Å². The highest BCUT2D eigenvalue weighted by molar-refractivity contribution is 5.78. The van der Waals surface area contributed by atoms with Crippen molar-refractivity contribution in [3.05, 3.63) is 60.0 Å². The van der Waals surface area contributed by atoms with Crippen LogP contribution in [0.5, 0.6) is 11.5 Å². The van der Waals surface area contributed by atoms with Crippen LogP contribution in [0, 0.1) is 0 Å². The van der Waals surface area contributed by atoms with Crippen molar-refractivity contribution in [2.75, 3.05) is 14.2 Å². The summed E-state index contributed by atoms with van der Waals surface area (Å²) >= 11 is 0. The molecule has 0 amide bonds. The van der Waals surface area contributed by atoms with E-state index in [4.69, 9.17) is 18.8 Å². The van der Waals surface area contributed by atoms with E-state index in [1.807, 2.05) is 36.4 Å². The van der Waals surface area contributed by atoms with E-state index in [-0.39, 0.29) is 6.61 Å². The molecule has 0 saturated heterocycles. The summed E-state index contributed by atoms with van der Waals surface area (Å²) in [5.41, 5.74) is 1.69. The van der Waals surface area contributed by atoms with E-state index in [2.05, 4.69) is 15.3 Å². The van der Waals surface area contributed by atoms with Crippen LogP contribution in [-0.4, -0.2) is 30.6 Å². The summed E-state index contributed by atoms with van der Waals surface area (Å²) in [6, 6.07) is 15.0. The topological polar surface area (TPSA) is 79.0 Å². The van der Waals surface area contributed by atoms with Gasteiger partial charge in [0.25, 0.3) is 5.89 Å². The van der Waals surface area contributed by atoms with Gasteiger partial charge in [-0.15, -0.1) is 0 Å². The zero-order valence-electron chi connectivity index (χ0n) is 13.9. The number of methoxy groups -OCH3 is 2. The minimum absolute atomic E-state index is 0.0869. The van der Waals surface area contributed by atoms with Crippen molar-refractivity contribution in [2.24, 2.45) is 5.16 Å². The van der Waals surface area contributed by atoms with Gasteiger partial charge in [-0.3, -0.25) is 0 Å². The van der Waals surface area contributed by atoms with Crippen LogP contribution in [0.4, 0.5) is 0 Å². The highest BCUT2D eigenvalue weighted by Gasteiger charge is 2.12. The average molecular weight is 339 g/mol. The summed E-state index contributed by atoms with van der Waals surface area (Å²) in [6.07, 6.45) is 1.62. The van der Waals surface area contributed by atoms with Gasteiger partial charge in [0.1, 0.15) is 0 Å². The molecule has 128 valence electrons. The van der Waals surface area contributed by atoms with Crippen LogP contribution < -0.4 is 9.47 Å². The first-order valence-electron chi connectivity index (χ1n) is 7.55. The monoisotopic (exact) mass is 339 g/mol. The lowest BCUT2D eigenvalue weighted by Crippen LogP contribution is -1.92. The van der Waals surface area contributed by atoms with Gasteiger partial charge in [-0.05, 0) is 23.8 Å². The SMILES string of the molecule is COc1ccc(-c2noc(CO/N=C\c3ccccc3)n2)cc1OC. The Morgan fingerprint density at radius 2 is 1.84 bits per heavy atom. The zero-order chi connectivity index (χ0) is 17.5. The zero-order valence-corrected chi connectivity index (χ0v) is 13.9. The number of oxime groups is 1. The van der Waals surface area contributed by atoms with E-state index in [1.54, 1.807) is 32.6 Å². The van der Waals surface area contributed by atoms with Gasteiger partial charge in [-0.25, -0.2) is 0 Å². The third-order valence-corrected chi connectivity index (χ3v) is 3.37. The Labute approximate surface area is 144 Å². The Hall–Kier alpha value is -3.35. The molecule has 2 aromatic carbocycles. The Morgan fingerprint density at radius 3 is 2.60 bits per heavy atom. The van der Waals surface area contributed by atoms with Crippen molar-refractivity contribution in [3.63, 3.8) is 0 Å². The molecule has 1 heterocycles. The van der Waals surface area contributed by atoms with Crippen molar-refractivity contribution < 1.29 is 18.8 Å². The number of benzene rings is 2. The van der Waals surface area contributed by atoms with Crippen molar-refractivity contribution >= 4 is 6.21 Å². The average Bonchev–Trinajstić information content (AvgIpc) is 3.14. The summed E-state index contributed by atoms with van der Waals surface area (Å²) in [6.45, 7) is 0.0869. The highest BCUT2D eigenvalue weighted by Crippen LogP contribution is 2.31. The standard InChI is InChI=1S/C18H17N3O4/c1-22-15-9-8-14(10-16(15)23-2)18-20-17(25-21-18)12-24-19-11-13-6-4-3-5-7-13/h3-11H,12H2,1-2H3/b19-11-. The lowest BCUT2D eigenvalue weighted by Gasteiger charge is -2.07. The molecule has 7 heteroatoms. The molecule has 0 saturated carbocycles. The Kier molecular flexibility index (Phi) is 5.26. The smallest absolute Gasteiger partial charge is 0.267 e. The highest BCUT2D eigenvalue weighted by atomic mass is 16.6. The molecule has 1 aromatic heterocycles. The lowest BCUT2D eigenvalue weighted by molar-refractivity contribution is 0.107. The molecule has 0 atom stereocenters. The molecule has 0 bridgehead atoms. The van der Waals surface area contributed by atoms with Crippen LogP contribution in [0.1, 0.15) is 11.5 Å². The number of nitrogens with zero attached hydrogens (tertiary/aromatic N) is 3. The largest absolute Gasteiger partial charge is 0.493 e. The first kappa shape index (κ1) is 16.5. The molecule has 0 aliphatic carbocycles. The Bertz CT molecular complexity index is 847. The number of aromatic nitrogens is 2. The van der Waals surface area contributed by atoms with Gasteiger partial charge in [0.15, 0.2) is 18.1 Å². The second-order valence-electron chi connectivity index (χ2n) is 5.00. The van der Waals surface area contributed by atoms with Gasteiger partial charge in [0.2, 0.25) is 5.82 Å². The van der Waals surface area contributed by atoms with Gasteiger partial charge < -0.3 is 18.8 Å². The molecule has 0 fully saturated rings. The van der Waals surface area contributed by atoms with Crippen LogP contribution in [0.2, 0.25) is 0 Å². The minimum atomic E-state index is 0.0869. The second-order valence-corrected chi connectivity index (χ2v) is 5.00. The fourth-order valence-electron chi connectivity index (χ4n) is 2.14. The van der Waals surface area contributed by atoms with Crippen LogP contribution >= 0.6 is 0 Å². The molecule has 0 aliphatic rings. The van der Waals surface area contributed by atoms with Crippen LogP contribution in [0.25, 0.3) is 11.4 Å². The summed E-state index contributed by atoms with van der Waals surface area (Å²) in [7, 11) is 3.15. The Morgan fingerprint density at radius 1 is 1.04 bits per heavy atom. The third-order valence-electron chi connectivity index (χ3n) is 3.37. The molecule has 0 aliphatic heterocycles. The fraction of sp³-hybridized carbons (Fsp3) is 0.167. The molecule has 0 unspecified atom stereocenters. The number of hydrogen-bond acceptors (Lipinski definition) is 7. The van der Waals surface area contributed by atoms with Crippen molar-refractivity contribution in [1.29, 1.82) is 0 Å².